The number of nitrogens with zero attached hydrogens (tertiary/aromatic N) is 3. The quantitative estimate of drug-likeness (QED) is 0.361. The maximum Gasteiger partial charge on any atom is 0.264 e. The van der Waals surface area contributed by atoms with Gasteiger partial charge in [0.05, 0.1) is 10.5 Å². The van der Waals surface area contributed by atoms with E-state index in [1.165, 1.54) is 0 Å². The van der Waals surface area contributed by atoms with Crippen LogP contribution in [0.15, 0.2) is 52.0 Å². The fourth-order valence-corrected chi connectivity index (χ4v) is 5.60. The molecule has 0 saturated heterocycles. The average Bonchev–Trinajstić information content (AvgIpc) is 3.29. The fourth-order valence-electron chi connectivity index (χ4n) is 5.34. The Hall–Kier alpha value is -3.72. The summed E-state index contributed by atoms with van der Waals surface area (Å²) >= 11 is 6.58. The van der Waals surface area contributed by atoms with E-state index >= 15 is 0 Å². The van der Waals surface area contributed by atoms with Crippen molar-refractivity contribution in [3.8, 4) is 0 Å². The first-order chi connectivity index (χ1) is 18.6. The highest BCUT2D eigenvalue weighted by Gasteiger charge is 2.33. The molecule has 1 aliphatic rings. The Morgan fingerprint density at radius 2 is 1.95 bits per heavy atom. The summed E-state index contributed by atoms with van der Waals surface area (Å²) in [5.41, 5.74) is 0.907. The molecule has 1 saturated carbocycles. The molecule has 9 nitrogen and oxygen atoms in total. The lowest BCUT2D eigenvalue weighted by molar-refractivity contribution is -0.134. The third kappa shape index (κ3) is 5.15. The van der Waals surface area contributed by atoms with Crippen LogP contribution in [0.3, 0.4) is 0 Å². The van der Waals surface area contributed by atoms with E-state index in [1.807, 2.05) is 12.1 Å². The van der Waals surface area contributed by atoms with E-state index in [9.17, 15) is 14.4 Å². The Morgan fingerprint density at radius 1 is 1.15 bits per heavy atom. The minimum atomic E-state index is -0.885. The van der Waals surface area contributed by atoms with Crippen LogP contribution in [0.1, 0.15) is 69.9 Å². The van der Waals surface area contributed by atoms with Crippen molar-refractivity contribution in [2.75, 3.05) is 0 Å². The van der Waals surface area contributed by atoms with Crippen molar-refractivity contribution in [1.29, 1.82) is 0 Å². The molecule has 1 aliphatic carbocycles. The van der Waals surface area contributed by atoms with Gasteiger partial charge in [0, 0.05) is 40.8 Å². The molecule has 0 radical (unpaired) electrons. The molecular formula is C29H32ClN5O4. The third-order valence-corrected chi connectivity index (χ3v) is 7.69. The minimum absolute atomic E-state index is 0.169. The average molecular weight is 550 g/mol. The van der Waals surface area contributed by atoms with Gasteiger partial charge in [0.25, 0.3) is 5.56 Å². The molecule has 3 unspecified atom stereocenters. The summed E-state index contributed by atoms with van der Waals surface area (Å²) in [5.74, 6) is -0.0997. The number of hydrogen-bond acceptors (Lipinski definition) is 6. The number of rotatable bonds is 5. The lowest BCUT2D eigenvalue weighted by Crippen LogP contribution is -2.48. The molecule has 3 heterocycles. The van der Waals surface area contributed by atoms with Crippen molar-refractivity contribution in [3.05, 3.63) is 69.4 Å². The lowest BCUT2D eigenvalue weighted by Gasteiger charge is -2.33. The number of carbonyl (C=O) groups is 2. The Bertz CT molecular complexity index is 1610. The lowest BCUT2D eigenvalue weighted by atomic mass is 9.89. The van der Waals surface area contributed by atoms with Gasteiger partial charge in [0.1, 0.15) is 22.7 Å². The molecule has 204 valence electrons. The molecule has 4 aromatic rings. The molecule has 2 N–H and O–H groups in total. The number of halogens is 1. The van der Waals surface area contributed by atoms with Crippen LogP contribution in [-0.2, 0) is 9.59 Å². The molecule has 1 fully saturated rings. The Labute approximate surface area is 230 Å². The van der Waals surface area contributed by atoms with Gasteiger partial charge in [-0.15, -0.1) is 0 Å². The Morgan fingerprint density at radius 3 is 2.67 bits per heavy atom. The first-order valence-electron chi connectivity index (χ1n) is 13.2. The smallest absolute Gasteiger partial charge is 0.264 e. The zero-order chi connectivity index (χ0) is 27.9. The van der Waals surface area contributed by atoms with Crippen molar-refractivity contribution in [2.24, 2.45) is 5.41 Å². The first-order valence-corrected chi connectivity index (χ1v) is 13.5. The molecule has 5 rings (SSSR count). The van der Waals surface area contributed by atoms with Gasteiger partial charge < -0.3 is 19.7 Å². The highest BCUT2D eigenvalue weighted by Crippen LogP contribution is 2.35. The largest absolute Gasteiger partial charge is 0.360 e. The van der Waals surface area contributed by atoms with Gasteiger partial charge in [-0.3, -0.25) is 19.4 Å². The maximum atomic E-state index is 13.8. The molecular weight excluding hydrogens is 518 g/mol. The number of fused-ring (bicyclic) bond motifs is 3. The van der Waals surface area contributed by atoms with Gasteiger partial charge in [-0.05, 0) is 50.8 Å². The standard InChI is InChI=1S/C29H32ClN5O4/c1-16-22-25(34-39-16)23-20(30)11-6-12-21(23)35(27(22)37)19-10-5-9-18(14-19)32-26(36)24(17-8-7-13-31-15-17)33-28(38)29(2,3)4/h6-8,11-13,15,18-19,24H,5,9-10,14H2,1-4H3,(H,32,36)(H,33,38). The van der Waals surface area contributed by atoms with E-state index < -0.39 is 11.5 Å². The molecule has 2 amide bonds. The van der Waals surface area contributed by atoms with Crippen molar-refractivity contribution < 1.29 is 14.1 Å². The van der Waals surface area contributed by atoms with Gasteiger partial charge in [-0.1, -0.05) is 49.7 Å². The molecule has 10 heteroatoms. The number of aryl methyl sites for hydroxylation is 1. The second kappa shape index (κ2) is 10.4. The summed E-state index contributed by atoms with van der Waals surface area (Å²) in [7, 11) is 0. The summed E-state index contributed by atoms with van der Waals surface area (Å²) in [6.07, 6.45) is 6.11. The van der Waals surface area contributed by atoms with Crippen LogP contribution >= 0.6 is 11.6 Å². The van der Waals surface area contributed by atoms with Crippen LogP contribution in [0.4, 0.5) is 0 Å². The molecule has 0 spiro atoms. The minimum Gasteiger partial charge on any atom is -0.360 e. The van der Waals surface area contributed by atoms with Crippen molar-refractivity contribution in [3.63, 3.8) is 0 Å². The Balaban J connectivity index is 1.45. The van der Waals surface area contributed by atoms with E-state index in [1.54, 1.807) is 62.9 Å². The van der Waals surface area contributed by atoms with Crippen LogP contribution in [0.5, 0.6) is 0 Å². The summed E-state index contributed by atoms with van der Waals surface area (Å²) in [6.45, 7) is 7.12. The number of pyridine rings is 2. The van der Waals surface area contributed by atoms with Gasteiger partial charge in [0.2, 0.25) is 11.8 Å². The topological polar surface area (TPSA) is 119 Å². The summed E-state index contributed by atoms with van der Waals surface area (Å²) in [4.78, 5) is 44.3. The predicted molar refractivity (Wildman–Crippen MR) is 150 cm³/mol. The van der Waals surface area contributed by atoms with E-state index in [2.05, 4.69) is 20.8 Å². The highest BCUT2D eigenvalue weighted by molar-refractivity contribution is 6.37. The maximum absolute atomic E-state index is 13.8. The summed E-state index contributed by atoms with van der Waals surface area (Å²) in [5, 5.41) is 11.8. The molecule has 1 aromatic carbocycles. The highest BCUT2D eigenvalue weighted by atomic mass is 35.5. The number of amides is 2. The van der Waals surface area contributed by atoms with Gasteiger partial charge in [-0.2, -0.15) is 0 Å². The van der Waals surface area contributed by atoms with E-state index in [0.29, 0.717) is 44.6 Å². The second-order valence-corrected chi connectivity index (χ2v) is 11.6. The van der Waals surface area contributed by atoms with Crippen LogP contribution in [0.2, 0.25) is 5.02 Å². The summed E-state index contributed by atoms with van der Waals surface area (Å²) < 4.78 is 7.16. The first kappa shape index (κ1) is 26.9. The van der Waals surface area contributed by atoms with Crippen molar-refractivity contribution >= 4 is 45.2 Å². The van der Waals surface area contributed by atoms with Crippen molar-refractivity contribution in [1.82, 2.24) is 25.3 Å². The normalized spacial score (nSPS) is 18.7. The van der Waals surface area contributed by atoms with Gasteiger partial charge in [0.15, 0.2) is 0 Å². The number of benzene rings is 1. The molecule has 0 bridgehead atoms. The van der Waals surface area contributed by atoms with E-state index in [-0.39, 0.29) is 29.5 Å². The molecule has 0 aliphatic heterocycles. The van der Waals surface area contributed by atoms with Gasteiger partial charge >= 0.3 is 0 Å². The predicted octanol–water partition coefficient (Wildman–Crippen LogP) is 5.00. The summed E-state index contributed by atoms with van der Waals surface area (Å²) in [6, 6.07) is 7.73. The zero-order valence-corrected chi connectivity index (χ0v) is 23.2. The Kier molecular flexibility index (Phi) is 7.20. The van der Waals surface area contributed by atoms with Crippen LogP contribution in [0, 0.1) is 12.3 Å². The molecule has 3 atom stereocenters. The second-order valence-electron chi connectivity index (χ2n) is 11.2. The molecule has 39 heavy (non-hydrogen) atoms. The van der Waals surface area contributed by atoms with Gasteiger partial charge in [-0.25, -0.2) is 0 Å². The number of aromatic nitrogens is 3. The third-order valence-electron chi connectivity index (χ3n) is 7.38. The van der Waals surface area contributed by atoms with Crippen LogP contribution in [0.25, 0.3) is 21.8 Å². The van der Waals surface area contributed by atoms with E-state index in [0.717, 1.165) is 19.3 Å². The van der Waals surface area contributed by atoms with E-state index in [4.69, 9.17) is 16.1 Å². The van der Waals surface area contributed by atoms with Crippen molar-refractivity contribution in [2.45, 2.75) is 71.5 Å². The number of carbonyl (C=O) groups excluding carboxylic acids is 2. The van der Waals surface area contributed by atoms with Crippen LogP contribution < -0.4 is 16.2 Å². The number of nitrogens with one attached hydrogen (secondary N) is 2. The monoisotopic (exact) mass is 549 g/mol. The zero-order valence-electron chi connectivity index (χ0n) is 22.5. The van der Waals surface area contributed by atoms with Crippen LogP contribution in [-0.4, -0.2) is 32.6 Å². The molecule has 3 aromatic heterocycles. The fraction of sp³-hybridized carbons (Fsp3) is 0.414. The SMILES string of the molecule is Cc1onc2c1c(=O)n(C1CCCC(NC(=O)C(NC(=O)C(C)(C)C)c3cccnc3)C1)c1cccc(Cl)c21. The number of hydrogen-bond donors (Lipinski definition) is 2.